The lowest BCUT2D eigenvalue weighted by molar-refractivity contribution is -0.124. The standard InChI is InChI=1S/C22H26N2O/c25-20(13-12-16-7-6-14-23-15-16)24-22-19-11-5-4-10-18(19)21(22)17-8-2-1-3-9-17/h1-3,6-9,14-15,18-19,21-22H,4-5,10-13H2,(H,24,25)/t18?,19?,21-,22-/m0/s1. The summed E-state index contributed by atoms with van der Waals surface area (Å²) in [7, 11) is 0. The number of hydrogen-bond acceptors (Lipinski definition) is 2. The van der Waals surface area contributed by atoms with Gasteiger partial charge in [-0.25, -0.2) is 0 Å². The minimum atomic E-state index is 0.179. The van der Waals surface area contributed by atoms with Crippen LogP contribution in [0.25, 0.3) is 0 Å². The zero-order valence-electron chi connectivity index (χ0n) is 14.6. The van der Waals surface area contributed by atoms with Gasteiger partial charge >= 0.3 is 0 Å². The van der Waals surface area contributed by atoms with Crippen molar-refractivity contribution in [2.24, 2.45) is 11.8 Å². The molecule has 0 aliphatic heterocycles. The number of aryl methyl sites for hydroxylation is 1. The maximum Gasteiger partial charge on any atom is 0.220 e. The highest BCUT2D eigenvalue weighted by Crippen LogP contribution is 2.54. The monoisotopic (exact) mass is 334 g/mol. The number of nitrogens with one attached hydrogen (secondary N) is 1. The van der Waals surface area contributed by atoms with E-state index in [4.69, 9.17) is 0 Å². The van der Waals surface area contributed by atoms with Crippen LogP contribution in [0.15, 0.2) is 54.9 Å². The summed E-state index contributed by atoms with van der Waals surface area (Å²) in [5.74, 6) is 2.09. The summed E-state index contributed by atoms with van der Waals surface area (Å²) in [4.78, 5) is 16.7. The average molecular weight is 334 g/mol. The number of fused-ring (bicyclic) bond motifs is 1. The van der Waals surface area contributed by atoms with Gasteiger partial charge in [0.2, 0.25) is 5.91 Å². The van der Waals surface area contributed by atoms with E-state index in [0.717, 1.165) is 17.9 Å². The smallest absolute Gasteiger partial charge is 0.220 e. The lowest BCUT2D eigenvalue weighted by atomic mass is 9.53. The summed E-state index contributed by atoms with van der Waals surface area (Å²) in [5, 5.41) is 3.38. The minimum Gasteiger partial charge on any atom is -0.352 e. The second kappa shape index (κ2) is 7.38. The number of carbonyl (C=O) groups is 1. The molecule has 1 amide bonds. The van der Waals surface area contributed by atoms with Gasteiger partial charge in [-0.1, -0.05) is 49.2 Å². The predicted octanol–water partition coefficient (Wildman–Crippen LogP) is 4.10. The van der Waals surface area contributed by atoms with Crippen molar-refractivity contribution in [2.75, 3.05) is 0 Å². The van der Waals surface area contributed by atoms with Gasteiger partial charge in [0.1, 0.15) is 0 Å². The van der Waals surface area contributed by atoms with E-state index in [1.807, 2.05) is 18.3 Å². The fourth-order valence-electron chi connectivity index (χ4n) is 4.86. The van der Waals surface area contributed by atoms with Crippen molar-refractivity contribution in [3.05, 3.63) is 66.0 Å². The van der Waals surface area contributed by atoms with Crippen LogP contribution in [0, 0.1) is 11.8 Å². The maximum absolute atomic E-state index is 12.5. The topological polar surface area (TPSA) is 42.0 Å². The summed E-state index contributed by atoms with van der Waals surface area (Å²) < 4.78 is 0. The lowest BCUT2D eigenvalue weighted by Crippen LogP contribution is -2.59. The molecule has 2 aromatic rings. The van der Waals surface area contributed by atoms with Crippen LogP contribution in [0.4, 0.5) is 0 Å². The van der Waals surface area contributed by atoms with Crippen LogP contribution >= 0.6 is 0 Å². The Kier molecular flexibility index (Phi) is 4.82. The number of amides is 1. The van der Waals surface area contributed by atoms with E-state index in [0.29, 0.717) is 24.3 Å². The Balaban J connectivity index is 1.41. The molecule has 0 spiro atoms. The first-order valence-electron chi connectivity index (χ1n) is 9.56. The minimum absolute atomic E-state index is 0.179. The van der Waals surface area contributed by atoms with Crippen LogP contribution in [0.3, 0.4) is 0 Å². The van der Waals surface area contributed by atoms with Crippen LogP contribution < -0.4 is 5.32 Å². The SMILES string of the molecule is O=C(CCc1cccnc1)N[C@H]1C2CCCCC2[C@@H]1c1ccccc1. The number of rotatable bonds is 5. The molecule has 1 aromatic heterocycles. The van der Waals surface area contributed by atoms with Gasteiger partial charge in [0.25, 0.3) is 0 Å². The van der Waals surface area contributed by atoms with Crippen molar-refractivity contribution in [2.45, 2.75) is 50.5 Å². The van der Waals surface area contributed by atoms with E-state index in [-0.39, 0.29) is 5.91 Å². The molecule has 3 heteroatoms. The first-order chi connectivity index (χ1) is 12.3. The van der Waals surface area contributed by atoms with Crippen molar-refractivity contribution in [3.63, 3.8) is 0 Å². The van der Waals surface area contributed by atoms with Crippen molar-refractivity contribution < 1.29 is 4.79 Å². The highest BCUT2D eigenvalue weighted by Gasteiger charge is 2.51. The molecule has 0 saturated heterocycles. The summed E-state index contributed by atoms with van der Waals surface area (Å²) >= 11 is 0. The van der Waals surface area contributed by atoms with Crippen molar-refractivity contribution in [3.8, 4) is 0 Å². The molecule has 2 aliphatic rings. The predicted molar refractivity (Wildman–Crippen MR) is 99.1 cm³/mol. The lowest BCUT2D eigenvalue weighted by Gasteiger charge is -2.55. The number of benzene rings is 1. The number of nitrogens with zero attached hydrogens (tertiary/aromatic N) is 1. The normalized spacial score (nSPS) is 27.8. The Morgan fingerprint density at radius 3 is 2.60 bits per heavy atom. The zero-order chi connectivity index (χ0) is 17.1. The fraction of sp³-hybridized carbons (Fsp3) is 0.455. The third kappa shape index (κ3) is 3.46. The van der Waals surface area contributed by atoms with Gasteiger partial charge in [0, 0.05) is 30.8 Å². The Labute approximate surface area is 149 Å². The largest absolute Gasteiger partial charge is 0.352 e. The molecule has 4 atom stereocenters. The Morgan fingerprint density at radius 2 is 1.84 bits per heavy atom. The molecule has 25 heavy (non-hydrogen) atoms. The highest BCUT2D eigenvalue weighted by atomic mass is 16.1. The molecular weight excluding hydrogens is 308 g/mol. The van der Waals surface area contributed by atoms with E-state index < -0.39 is 0 Å². The summed E-state index contributed by atoms with van der Waals surface area (Å²) in [5.41, 5.74) is 2.52. The van der Waals surface area contributed by atoms with Gasteiger partial charge in [-0.15, -0.1) is 0 Å². The third-order valence-corrected chi connectivity index (χ3v) is 6.06. The molecule has 2 saturated carbocycles. The molecule has 2 aliphatic carbocycles. The van der Waals surface area contributed by atoms with Crippen LogP contribution in [0.2, 0.25) is 0 Å². The van der Waals surface area contributed by atoms with Crippen LogP contribution in [0.5, 0.6) is 0 Å². The molecule has 1 aromatic carbocycles. The van der Waals surface area contributed by atoms with Gasteiger partial charge in [0.05, 0.1) is 0 Å². The van der Waals surface area contributed by atoms with Gasteiger partial charge in [-0.3, -0.25) is 9.78 Å². The molecule has 2 unspecified atom stereocenters. The molecule has 1 N–H and O–H groups in total. The van der Waals surface area contributed by atoms with Crippen molar-refractivity contribution in [1.82, 2.24) is 10.3 Å². The molecule has 0 radical (unpaired) electrons. The van der Waals surface area contributed by atoms with Gasteiger partial charge < -0.3 is 5.32 Å². The second-order valence-corrected chi connectivity index (χ2v) is 7.50. The van der Waals surface area contributed by atoms with Gasteiger partial charge in [-0.2, -0.15) is 0 Å². The summed E-state index contributed by atoms with van der Waals surface area (Å²) in [6.07, 6.45) is 10.1. The van der Waals surface area contributed by atoms with Crippen LogP contribution in [-0.4, -0.2) is 16.9 Å². The van der Waals surface area contributed by atoms with E-state index in [1.165, 1.54) is 31.2 Å². The first kappa shape index (κ1) is 16.3. The molecule has 1 heterocycles. The van der Waals surface area contributed by atoms with E-state index >= 15 is 0 Å². The molecule has 4 rings (SSSR count). The molecule has 2 fully saturated rings. The number of aromatic nitrogens is 1. The molecule has 0 bridgehead atoms. The molecule has 3 nitrogen and oxygen atoms in total. The highest BCUT2D eigenvalue weighted by molar-refractivity contribution is 5.77. The number of pyridine rings is 1. The summed E-state index contributed by atoms with van der Waals surface area (Å²) in [6.45, 7) is 0. The quantitative estimate of drug-likeness (QED) is 0.894. The van der Waals surface area contributed by atoms with Crippen molar-refractivity contribution >= 4 is 5.91 Å². The molecule has 130 valence electrons. The Morgan fingerprint density at radius 1 is 1.04 bits per heavy atom. The summed E-state index contributed by atoms with van der Waals surface area (Å²) in [6, 6.07) is 15.0. The Hall–Kier alpha value is -2.16. The van der Waals surface area contributed by atoms with Crippen LogP contribution in [0.1, 0.15) is 49.1 Å². The third-order valence-electron chi connectivity index (χ3n) is 6.06. The van der Waals surface area contributed by atoms with Crippen LogP contribution in [-0.2, 0) is 11.2 Å². The van der Waals surface area contributed by atoms with Gasteiger partial charge in [-0.05, 0) is 48.3 Å². The number of carbonyl (C=O) groups excluding carboxylic acids is 1. The van der Waals surface area contributed by atoms with E-state index in [9.17, 15) is 4.79 Å². The maximum atomic E-state index is 12.5. The van der Waals surface area contributed by atoms with E-state index in [1.54, 1.807) is 6.20 Å². The zero-order valence-corrected chi connectivity index (χ0v) is 14.6. The first-order valence-corrected chi connectivity index (χ1v) is 9.56. The fourth-order valence-corrected chi connectivity index (χ4v) is 4.86. The van der Waals surface area contributed by atoms with Gasteiger partial charge in [0.15, 0.2) is 0 Å². The number of hydrogen-bond donors (Lipinski definition) is 1. The van der Waals surface area contributed by atoms with Crippen molar-refractivity contribution in [1.29, 1.82) is 0 Å². The van der Waals surface area contributed by atoms with E-state index in [2.05, 4.69) is 40.6 Å². The molecular formula is C22H26N2O. The second-order valence-electron chi connectivity index (χ2n) is 7.50. The average Bonchev–Trinajstić information content (AvgIpc) is 2.66. The Bertz CT molecular complexity index is 700.